The number of allylic oxidation sites excluding steroid dienone is 4. The first kappa shape index (κ1) is 27.4. The Kier molecular flexibility index (Phi) is 9.58. The van der Waals surface area contributed by atoms with Gasteiger partial charge in [-0.2, -0.15) is 0 Å². The Morgan fingerprint density at radius 1 is 0.895 bits per heavy atom. The van der Waals surface area contributed by atoms with Crippen molar-refractivity contribution in [1.29, 1.82) is 0 Å². The number of guanidine groups is 1. The predicted molar refractivity (Wildman–Crippen MR) is 158 cm³/mol. The second-order valence-electron chi connectivity index (χ2n) is 10.9. The Balaban J connectivity index is 1.59. The molecule has 2 aromatic rings. The highest BCUT2D eigenvalue weighted by Crippen LogP contribution is 2.32. The molecule has 1 saturated carbocycles. The molecule has 5 nitrogen and oxygen atoms in total. The normalized spacial score (nSPS) is 19.1. The van der Waals surface area contributed by atoms with Gasteiger partial charge in [0.05, 0.1) is 0 Å². The van der Waals surface area contributed by atoms with Crippen LogP contribution >= 0.6 is 0 Å². The van der Waals surface area contributed by atoms with Crippen molar-refractivity contribution in [3.8, 4) is 0 Å². The van der Waals surface area contributed by atoms with Crippen LogP contribution in [0, 0.1) is 25.7 Å². The Labute approximate surface area is 228 Å². The number of hydrogen-bond acceptors (Lipinski definition) is 2. The standard InChI is InChI=1S/C33H42N4O/c1-24-9-17-28(18-10-24)31(29-19-11-25(2)12-20-29)23-37(32(38)30-7-5-3-4-6-8-30)22-27-15-13-26(14-16-27)21-36-33(34)35/h3,5-12,17-20,26-27,31H,4,13-16,21-23H2,1-2H3,(H4,34,35,36). The molecule has 38 heavy (non-hydrogen) atoms. The van der Waals surface area contributed by atoms with Gasteiger partial charge in [0.2, 0.25) is 0 Å². The van der Waals surface area contributed by atoms with Crippen LogP contribution in [0.5, 0.6) is 0 Å². The van der Waals surface area contributed by atoms with Crippen LogP contribution in [-0.2, 0) is 4.79 Å². The van der Waals surface area contributed by atoms with Gasteiger partial charge in [-0.05, 0) is 75.0 Å². The molecule has 0 radical (unpaired) electrons. The van der Waals surface area contributed by atoms with Crippen molar-refractivity contribution < 1.29 is 4.79 Å². The maximum Gasteiger partial charge on any atom is 0.253 e. The number of aryl methyl sites for hydroxylation is 2. The number of hydrogen-bond donors (Lipinski definition) is 2. The SMILES string of the molecule is Cc1ccc(C(CN(CC2CCC(CN=C(N)N)CC2)C(=O)C2=CC=CCC=C2)c2ccc(C)cc2)cc1. The van der Waals surface area contributed by atoms with Crippen LogP contribution in [0.4, 0.5) is 0 Å². The molecule has 2 aromatic carbocycles. The molecule has 0 bridgehead atoms. The van der Waals surface area contributed by atoms with Crippen molar-refractivity contribution in [3.63, 3.8) is 0 Å². The first-order valence-electron chi connectivity index (χ1n) is 13.9. The van der Waals surface area contributed by atoms with E-state index in [2.05, 4.69) is 84.4 Å². The van der Waals surface area contributed by atoms with Crippen molar-refractivity contribution in [1.82, 2.24) is 4.90 Å². The number of benzene rings is 2. The van der Waals surface area contributed by atoms with E-state index in [0.29, 0.717) is 24.9 Å². The van der Waals surface area contributed by atoms with Gasteiger partial charge in [-0.3, -0.25) is 9.79 Å². The van der Waals surface area contributed by atoms with Gasteiger partial charge in [0.1, 0.15) is 0 Å². The van der Waals surface area contributed by atoms with Gasteiger partial charge < -0.3 is 16.4 Å². The first-order chi connectivity index (χ1) is 18.4. The van der Waals surface area contributed by atoms with Gasteiger partial charge in [-0.15, -0.1) is 0 Å². The number of nitrogens with zero attached hydrogens (tertiary/aromatic N) is 2. The molecular formula is C33H42N4O. The molecule has 4 rings (SSSR count). The lowest BCUT2D eigenvalue weighted by atomic mass is 9.81. The molecule has 0 heterocycles. The van der Waals surface area contributed by atoms with Crippen LogP contribution in [0.25, 0.3) is 0 Å². The number of amides is 1. The van der Waals surface area contributed by atoms with Crippen molar-refractivity contribution in [2.24, 2.45) is 28.3 Å². The third-order valence-electron chi connectivity index (χ3n) is 7.85. The van der Waals surface area contributed by atoms with Crippen LogP contribution in [0.3, 0.4) is 0 Å². The molecule has 2 aliphatic rings. The smallest absolute Gasteiger partial charge is 0.253 e. The second-order valence-corrected chi connectivity index (χ2v) is 10.9. The maximum absolute atomic E-state index is 14.0. The fourth-order valence-corrected chi connectivity index (χ4v) is 5.51. The van der Waals surface area contributed by atoms with Gasteiger partial charge in [-0.1, -0.05) is 84.0 Å². The van der Waals surface area contributed by atoms with E-state index >= 15 is 0 Å². The number of nitrogens with two attached hydrogens (primary N) is 2. The van der Waals surface area contributed by atoms with E-state index in [1.165, 1.54) is 22.3 Å². The summed E-state index contributed by atoms with van der Waals surface area (Å²) in [7, 11) is 0. The molecule has 0 aliphatic heterocycles. The van der Waals surface area contributed by atoms with Gasteiger partial charge in [0.25, 0.3) is 5.91 Å². The van der Waals surface area contributed by atoms with Gasteiger partial charge in [-0.25, -0.2) is 0 Å². The molecule has 0 spiro atoms. The van der Waals surface area contributed by atoms with Crippen molar-refractivity contribution in [2.45, 2.75) is 51.9 Å². The van der Waals surface area contributed by atoms with E-state index in [0.717, 1.165) is 44.2 Å². The fourth-order valence-electron chi connectivity index (χ4n) is 5.51. The second kappa shape index (κ2) is 13.3. The van der Waals surface area contributed by atoms with Gasteiger partial charge in [0.15, 0.2) is 5.96 Å². The number of aliphatic imine (C=N–C) groups is 1. The number of carbonyl (C=O) groups is 1. The molecule has 4 N–H and O–H groups in total. The summed E-state index contributed by atoms with van der Waals surface area (Å²) >= 11 is 0. The minimum Gasteiger partial charge on any atom is -0.370 e. The van der Waals surface area contributed by atoms with Crippen molar-refractivity contribution >= 4 is 11.9 Å². The Hall–Kier alpha value is -3.60. The highest BCUT2D eigenvalue weighted by Gasteiger charge is 2.28. The average Bonchev–Trinajstić information content (AvgIpc) is 3.21. The van der Waals surface area contributed by atoms with Crippen LogP contribution in [0.2, 0.25) is 0 Å². The van der Waals surface area contributed by atoms with E-state index in [1.54, 1.807) is 0 Å². The Morgan fingerprint density at radius 3 is 2.05 bits per heavy atom. The summed E-state index contributed by atoms with van der Waals surface area (Å²) in [4.78, 5) is 20.3. The summed E-state index contributed by atoms with van der Waals surface area (Å²) in [5, 5.41) is 0. The highest BCUT2D eigenvalue weighted by atomic mass is 16.2. The fraction of sp³-hybridized carbons (Fsp3) is 0.394. The molecule has 0 aromatic heterocycles. The monoisotopic (exact) mass is 510 g/mol. The summed E-state index contributed by atoms with van der Waals surface area (Å²) in [5.41, 5.74) is 16.8. The van der Waals surface area contributed by atoms with Gasteiger partial charge in [0, 0.05) is 31.1 Å². The van der Waals surface area contributed by atoms with Crippen LogP contribution in [-0.4, -0.2) is 36.4 Å². The lowest BCUT2D eigenvalue weighted by Gasteiger charge is -2.35. The Morgan fingerprint density at radius 2 is 1.47 bits per heavy atom. The lowest BCUT2D eigenvalue weighted by Crippen LogP contribution is -2.40. The molecule has 5 heteroatoms. The van der Waals surface area contributed by atoms with E-state index in [1.807, 2.05) is 18.2 Å². The Bertz CT molecular complexity index is 1130. The van der Waals surface area contributed by atoms with Crippen LogP contribution < -0.4 is 11.5 Å². The molecule has 2 aliphatic carbocycles. The summed E-state index contributed by atoms with van der Waals surface area (Å²) in [6.07, 6.45) is 15.3. The highest BCUT2D eigenvalue weighted by molar-refractivity contribution is 5.96. The molecule has 0 atom stereocenters. The molecule has 1 amide bonds. The zero-order valence-electron chi connectivity index (χ0n) is 22.9. The third-order valence-corrected chi connectivity index (χ3v) is 7.85. The molecule has 0 saturated heterocycles. The predicted octanol–water partition coefficient (Wildman–Crippen LogP) is 5.79. The molecule has 0 unspecified atom stereocenters. The number of carbonyl (C=O) groups excluding carboxylic acids is 1. The zero-order valence-corrected chi connectivity index (χ0v) is 22.9. The minimum atomic E-state index is 0.101. The van der Waals surface area contributed by atoms with E-state index in [4.69, 9.17) is 11.5 Å². The minimum absolute atomic E-state index is 0.101. The zero-order chi connectivity index (χ0) is 26.9. The van der Waals surface area contributed by atoms with E-state index in [9.17, 15) is 4.79 Å². The molecular weight excluding hydrogens is 468 g/mol. The first-order valence-corrected chi connectivity index (χ1v) is 13.9. The van der Waals surface area contributed by atoms with Crippen LogP contribution in [0.15, 0.2) is 89.5 Å². The molecule has 1 fully saturated rings. The van der Waals surface area contributed by atoms with Crippen molar-refractivity contribution in [2.75, 3.05) is 19.6 Å². The third kappa shape index (κ3) is 7.70. The summed E-state index contributed by atoms with van der Waals surface area (Å²) in [6.45, 7) is 6.33. The summed E-state index contributed by atoms with van der Waals surface area (Å²) in [5.74, 6) is 1.37. The quantitative estimate of drug-likeness (QED) is 0.331. The van der Waals surface area contributed by atoms with E-state index < -0.39 is 0 Å². The topological polar surface area (TPSA) is 84.7 Å². The summed E-state index contributed by atoms with van der Waals surface area (Å²) in [6, 6.07) is 17.5. The van der Waals surface area contributed by atoms with Gasteiger partial charge >= 0.3 is 0 Å². The lowest BCUT2D eigenvalue weighted by molar-refractivity contribution is -0.127. The number of rotatable bonds is 9. The van der Waals surface area contributed by atoms with Crippen LogP contribution in [0.1, 0.15) is 60.3 Å². The largest absolute Gasteiger partial charge is 0.370 e. The maximum atomic E-state index is 14.0. The summed E-state index contributed by atoms with van der Waals surface area (Å²) < 4.78 is 0. The van der Waals surface area contributed by atoms with E-state index in [-0.39, 0.29) is 17.8 Å². The molecule has 200 valence electrons. The van der Waals surface area contributed by atoms with Crippen molar-refractivity contribution in [3.05, 3.63) is 107 Å². The average molecular weight is 511 g/mol.